The fourth-order valence-corrected chi connectivity index (χ4v) is 2.53. The molecule has 1 atom stereocenters. The minimum Gasteiger partial charge on any atom is -0.493 e. The number of carbonyl (C=O) groups excluding carboxylic acids is 1. The molecule has 5 nitrogen and oxygen atoms in total. The number of carbonyl (C=O) groups is 1. The van der Waals surface area contributed by atoms with Crippen LogP contribution in [0, 0.1) is 5.92 Å². The monoisotopic (exact) mass is 278 g/mol. The summed E-state index contributed by atoms with van der Waals surface area (Å²) >= 11 is 0. The number of nitrogens with two attached hydrogens (primary N) is 1. The lowest BCUT2D eigenvalue weighted by atomic mass is 10.1. The summed E-state index contributed by atoms with van der Waals surface area (Å²) in [6, 6.07) is 5.58. The second kappa shape index (κ2) is 6.61. The molecule has 20 heavy (non-hydrogen) atoms. The fourth-order valence-electron chi connectivity index (χ4n) is 2.53. The second-order valence-corrected chi connectivity index (χ2v) is 5.10. The number of ether oxygens (including phenoxy) is 2. The molecular formula is C15H22N2O3. The van der Waals surface area contributed by atoms with Gasteiger partial charge in [-0.15, -0.1) is 0 Å². The molecule has 0 saturated carbocycles. The summed E-state index contributed by atoms with van der Waals surface area (Å²) in [6.07, 6.45) is 1.39. The van der Waals surface area contributed by atoms with Crippen molar-refractivity contribution in [2.75, 3.05) is 33.9 Å². The van der Waals surface area contributed by atoms with E-state index >= 15 is 0 Å². The van der Waals surface area contributed by atoms with Gasteiger partial charge in [0, 0.05) is 13.1 Å². The summed E-state index contributed by atoms with van der Waals surface area (Å²) < 4.78 is 10.4. The van der Waals surface area contributed by atoms with E-state index in [1.54, 1.807) is 14.2 Å². The van der Waals surface area contributed by atoms with Gasteiger partial charge in [0.2, 0.25) is 5.91 Å². The third-order valence-electron chi connectivity index (χ3n) is 3.78. The van der Waals surface area contributed by atoms with Crippen LogP contribution in [0.2, 0.25) is 0 Å². The van der Waals surface area contributed by atoms with Crippen LogP contribution in [0.1, 0.15) is 12.0 Å². The maximum Gasteiger partial charge on any atom is 0.227 e. The fraction of sp³-hybridized carbons (Fsp3) is 0.533. The van der Waals surface area contributed by atoms with E-state index in [4.69, 9.17) is 15.2 Å². The molecule has 5 heteroatoms. The van der Waals surface area contributed by atoms with Crippen molar-refractivity contribution in [3.63, 3.8) is 0 Å². The van der Waals surface area contributed by atoms with Crippen LogP contribution in [0.25, 0.3) is 0 Å². The normalized spacial score (nSPS) is 18.1. The van der Waals surface area contributed by atoms with Gasteiger partial charge in [-0.2, -0.15) is 0 Å². The second-order valence-electron chi connectivity index (χ2n) is 5.10. The highest BCUT2D eigenvalue weighted by Crippen LogP contribution is 2.28. The summed E-state index contributed by atoms with van der Waals surface area (Å²) in [5.41, 5.74) is 6.58. The number of methoxy groups -OCH3 is 2. The first-order valence-electron chi connectivity index (χ1n) is 6.86. The maximum atomic E-state index is 12.2. The Morgan fingerprint density at radius 1 is 1.35 bits per heavy atom. The number of rotatable bonds is 5. The zero-order valence-corrected chi connectivity index (χ0v) is 12.1. The molecular weight excluding hydrogens is 256 g/mol. The van der Waals surface area contributed by atoms with Crippen LogP contribution in [0.4, 0.5) is 0 Å². The van der Waals surface area contributed by atoms with Crippen LogP contribution >= 0.6 is 0 Å². The lowest BCUT2D eigenvalue weighted by Crippen LogP contribution is -2.31. The highest BCUT2D eigenvalue weighted by Gasteiger charge is 2.25. The third-order valence-corrected chi connectivity index (χ3v) is 3.78. The molecule has 2 rings (SSSR count). The molecule has 0 bridgehead atoms. The standard InChI is InChI=1S/C15H22N2O3/c1-19-13-4-3-11(7-14(13)20-2)8-15(18)17-6-5-12(9-16)10-17/h3-4,7,12H,5-6,8-10,16H2,1-2H3. The minimum absolute atomic E-state index is 0.146. The molecule has 1 heterocycles. The van der Waals surface area contributed by atoms with Gasteiger partial charge in [0.05, 0.1) is 20.6 Å². The van der Waals surface area contributed by atoms with Crippen molar-refractivity contribution < 1.29 is 14.3 Å². The lowest BCUT2D eigenvalue weighted by molar-refractivity contribution is -0.129. The van der Waals surface area contributed by atoms with Crippen LogP contribution in [-0.4, -0.2) is 44.7 Å². The molecule has 1 aliphatic heterocycles. The smallest absolute Gasteiger partial charge is 0.227 e. The molecule has 1 aromatic carbocycles. The van der Waals surface area contributed by atoms with Gasteiger partial charge in [0.25, 0.3) is 0 Å². The predicted molar refractivity (Wildman–Crippen MR) is 77.0 cm³/mol. The summed E-state index contributed by atoms with van der Waals surface area (Å²) in [4.78, 5) is 14.1. The Morgan fingerprint density at radius 3 is 2.70 bits per heavy atom. The quantitative estimate of drug-likeness (QED) is 0.874. The van der Waals surface area contributed by atoms with Crippen molar-refractivity contribution >= 4 is 5.91 Å². The molecule has 0 aromatic heterocycles. The van der Waals surface area contributed by atoms with Crippen LogP contribution in [0.3, 0.4) is 0 Å². The Labute approximate surface area is 119 Å². The predicted octanol–water partition coefficient (Wildman–Crippen LogP) is 1.05. The first-order valence-corrected chi connectivity index (χ1v) is 6.86. The van der Waals surface area contributed by atoms with Gasteiger partial charge in [-0.25, -0.2) is 0 Å². The van der Waals surface area contributed by atoms with E-state index in [0.29, 0.717) is 30.4 Å². The van der Waals surface area contributed by atoms with Gasteiger partial charge in [-0.05, 0) is 36.6 Å². The van der Waals surface area contributed by atoms with Gasteiger partial charge in [0.1, 0.15) is 0 Å². The van der Waals surface area contributed by atoms with Crippen molar-refractivity contribution in [2.24, 2.45) is 11.7 Å². The van der Waals surface area contributed by atoms with Crippen molar-refractivity contribution in [1.29, 1.82) is 0 Å². The highest BCUT2D eigenvalue weighted by atomic mass is 16.5. The van der Waals surface area contributed by atoms with Crippen LogP contribution in [-0.2, 0) is 11.2 Å². The summed E-state index contributed by atoms with van der Waals surface area (Å²) in [6.45, 7) is 2.25. The van der Waals surface area contributed by atoms with Gasteiger partial charge >= 0.3 is 0 Å². The van der Waals surface area contributed by atoms with E-state index in [0.717, 1.165) is 25.1 Å². The van der Waals surface area contributed by atoms with Crippen LogP contribution in [0.5, 0.6) is 11.5 Å². The third kappa shape index (κ3) is 3.22. The van der Waals surface area contributed by atoms with Crippen molar-refractivity contribution in [1.82, 2.24) is 4.90 Å². The van der Waals surface area contributed by atoms with Crippen molar-refractivity contribution in [3.8, 4) is 11.5 Å². The Balaban J connectivity index is 2.01. The van der Waals surface area contributed by atoms with Crippen LogP contribution < -0.4 is 15.2 Å². The average Bonchev–Trinajstić information content (AvgIpc) is 2.96. The summed E-state index contributed by atoms with van der Waals surface area (Å²) in [5.74, 6) is 1.92. The largest absolute Gasteiger partial charge is 0.493 e. The lowest BCUT2D eigenvalue weighted by Gasteiger charge is -2.17. The van der Waals surface area contributed by atoms with Gasteiger partial charge in [-0.1, -0.05) is 6.07 Å². The molecule has 110 valence electrons. The maximum absolute atomic E-state index is 12.2. The average molecular weight is 278 g/mol. The minimum atomic E-state index is 0.146. The Morgan fingerprint density at radius 2 is 2.10 bits per heavy atom. The van der Waals surface area contributed by atoms with E-state index in [1.165, 1.54) is 0 Å². The van der Waals surface area contributed by atoms with Gasteiger partial charge in [-0.3, -0.25) is 4.79 Å². The topological polar surface area (TPSA) is 64.8 Å². The van der Waals surface area contributed by atoms with Gasteiger partial charge < -0.3 is 20.1 Å². The Kier molecular flexibility index (Phi) is 4.84. The van der Waals surface area contributed by atoms with E-state index in [9.17, 15) is 4.79 Å². The zero-order valence-electron chi connectivity index (χ0n) is 12.1. The van der Waals surface area contributed by atoms with E-state index in [-0.39, 0.29) is 5.91 Å². The number of benzene rings is 1. The molecule has 1 aliphatic rings. The Bertz CT molecular complexity index is 476. The first-order chi connectivity index (χ1) is 9.67. The van der Waals surface area contributed by atoms with E-state index < -0.39 is 0 Å². The number of hydrogen-bond donors (Lipinski definition) is 1. The number of likely N-dealkylation sites (tertiary alicyclic amines) is 1. The van der Waals surface area contributed by atoms with Crippen LogP contribution in [0.15, 0.2) is 18.2 Å². The molecule has 0 radical (unpaired) electrons. The summed E-state index contributed by atoms with van der Waals surface area (Å²) in [5, 5.41) is 0. The molecule has 2 N–H and O–H groups in total. The zero-order chi connectivity index (χ0) is 14.5. The molecule has 1 saturated heterocycles. The number of nitrogens with zero attached hydrogens (tertiary/aromatic N) is 1. The molecule has 1 fully saturated rings. The number of amides is 1. The van der Waals surface area contributed by atoms with E-state index in [2.05, 4.69) is 0 Å². The molecule has 1 aromatic rings. The Hall–Kier alpha value is -1.75. The van der Waals surface area contributed by atoms with Crippen molar-refractivity contribution in [3.05, 3.63) is 23.8 Å². The number of hydrogen-bond acceptors (Lipinski definition) is 4. The first kappa shape index (κ1) is 14.7. The van der Waals surface area contributed by atoms with Crippen molar-refractivity contribution in [2.45, 2.75) is 12.8 Å². The SMILES string of the molecule is COc1ccc(CC(=O)N2CCC(CN)C2)cc1OC. The molecule has 0 spiro atoms. The molecule has 1 unspecified atom stereocenters. The molecule has 1 amide bonds. The van der Waals surface area contributed by atoms with E-state index in [1.807, 2.05) is 23.1 Å². The summed E-state index contributed by atoms with van der Waals surface area (Å²) in [7, 11) is 3.19. The van der Waals surface area contributed by atoms with Gasteiger partial charge in [0.15, 0.2) is 11.5 Å². The molecule has 0 aliphatic carbocycles. The highest BCUT2D eigenvalue weighted by molar-refractivity contribution is 5.79.